The van der Waals surface area contributed by atoms with Gasteiger partial charge in [0, 0.05) is 12.8 Å². The van der Waals surface area contributed by atoms with E-state index in [1.54, 1.807) is 0 Å². The third kappa shape index (κ3) is 15.4. The van der Waals surface area contributed by atoms with Gasteiger partial charge in [0.1, 0.15) is 31.5 Å². The molecule has 0 aromatic heterocycles. The molecule has 0 unspecified atom stereocenters. The maximum absolute atomic E-state index is 12.1. The van der Waals surface area contributed by atoms with E-state index in [0.717, 1.165) is 32.1 Å². The van der Waals surface area contributed by atoms with Gasteiger partial charge in [-0.2, -0.15) is 0 Å². The van der Waals surface area contributed by atoms with Gasteiger partial charge in [-0.15, -0.1) is 0 Å². The molecule has 38 heavy (non-hydrogen) atoms. The fourth-order valence-corrected chi connectivity index (χ4v) is 4.79. The van der Waals surface area contributed by atoms with Crippen LogP contribution in [0.3, 0.4) is 0 Å². The van der Waals surface area contributed by atoms with Gasteiger partial charge in [-0.25, -0.2) is 0 Å². The molecule has 1 heterocycles. The lowest BCUT2D eigenvalue weighted by Gasteiger charge is -2.25. The van der Waals surface area contributed by atoms with Crippen LogP contribution in [0.5, 0.6) is 0 Å². The van der Waals surface area contributed by atoms with Gasteiger partial charge in [-0.05, 0) is 12.8 Å². The fourth-order valence-electron chi connectivity index (χ4n) is 4.79. The second-order valence-corrected chi connectivity index (χ2v) is 10.9. The number of esters is 2. The molecular formula is C30H56O8. The first kappa shape index (κ1) is 34.8. The van der Waals surface area contributed by atoms with Crippen LogP contribution in [0.4, 0.5) is 0 Å². The molecule has 0 amide bonds. The van der Waals surface area contributed by atoms with Crippen molar-refractivity contribution in [2.75, 3.05) is 13.2 Å². The number of rotatable bonds is 24. The van der Waals surface area contributed by atoms with Crippen LogP contribution >= 0.6 is 0 Å². The number of carbonyl (C=O) groups is 2. The van der Waals surface area contributed by atoms with Gasteiger partial charge in [0.2, 0.25) is 5.79 Å². The molecule has 1 aliphatic heterocycles. The predicted octanol–water partition coefficient (Wildman–Crippen LogP) is 5.72. The van der Waals surface area contributed by atoms with Gasteiger partial charge >= 0.3 is 11.9 Å². The molecule has 8 heteroatoms. The van der Waals surface area contributed by atoms with E-state index in [-0.39, 0.29) is 19.4 Å². The predicted molar refractivity (Wildman–Crippen MR) is 147 cm³/mol. The van der Waals surface area contributed by atoms with Gasteiger partial charge in [-0.3, -0.25) is 9.59 Å². The van der Waals surface area contributed by atoms with E-state index >= 15 is 0 Å². The van der Waals surface area contributed by atoms with Crippen molar-refractivity contribution in [1.82, 2.24) is 0 Å². The number of hydrogen-bond donors (Lipinski definition) is 3. The van der Waals surface area contributed by atoms with Gasteiger partial charge in [-0.1, -0.05) is 117 Å². The SMILES string of the molecule is CCCCCCCCCCCC(=O)OC[C@H]1O[C@](O)(COC(=O)CCCCCCCCCCC)[C@@H](O)[C@@H]1O. The minimum atomic E-state index is -2.23. The maximum Gasteiger partial charge on any atom is 0.305 e. The smallest absolute Gasteiger partial charge is 0.305 e. The summed E-state index contributed by atoms with van der Waals surface area (Å²) < 4.78 is 15.7. The van der Waals surface area contributed by atoms with Crippen LogP contribution in [0, 0.1) is 0 Å². The average Bonchev–Trinajstić information content (AvgIpc) is 3.12. The molecule has 224 valence electrons. The number of hydrogen-bond acceptors (Lipinski definition) is 8. The van der Waals surface area contributed by atoms with E-state index in [9.17, 15) is 24.9 Å². The van der Waals surface area contributed by atoms with Crippen molar-refractivity contribution in [3.8, 4) is 0 Å². The standard InChI is InChI=1S/C30H56O8/c1-3-5-7-9-11-13-15-17-19-21-26(31)36-23-25-28(33)29(34)30(35,38-25)24-37-27(32)22-20-18-16-14-12-10-8-6-4-2/h25,28-29,33-35H,3-24H2,1-2H3/t25-,28-,29+,30-/m1/s1. The third-order valence-corrected chi connectivity index (χ3v) is 7.34. The van der Waals surface area contributed by atoms with Crippen LogP contribution in [-0.2, 0) is 23.8 Å². The second kappa shape index (κ2) is 21.6. The summed E-state index contributed by atoms with van der Waals surface area (Å²) in [5, 5.41) is 31.1. The Kier molecular flexibility index (Phi) is 19.8. The van der Waals surface area contributed by atoms with E-state index in [2.05, 4.69) is 13.8 Å². The van der Waals surface area contributed by atoms with Crippen LogP contribution in [0.2, 0.25) is 0 Å². The highest BCUT2D eigenvalue weighted by molar-refractivity contribution is 5.69. The third-order valence-electron chi connectivity index (χ3n) is 7.34. The van der Waals surface area contributed by atoms with Gasteiger partial charge < -0.3 is 29.5 Å². The summed E-state index contributed by atoms with van der Waals surface area (Å²) in [7, 11) is 0. The Labute approximate surface area is 230 Å². The topological polar surface area (TPSA) is 123 Å². The molecule has 4 atom stereocenters. The quantitative estimate of drug-likeness (QED) is 0.104. The van der Waals surface area contributed by atoms with E-state index in [1.807, 2.05) is 0 Å². The normalized spacial score (nSPS) is 23.0. The Hall–Kier alpha value is -1.22. The molecule has 0 aromatic rings. The van der Waals surface area contributed by atoms with Crippen LogP contribution in [0.1, 0.15) is 142 Å². The number of aliphatic hydroxyl groups excluding tert-OH is 2. The molecule has 1 rings (SSSR count). The minimum absolute atomic E-state index is 0.227. The Morgan fingerprint density at radius 3 is 1.50 bits per heavy atom. The Balaban J connectivity index is 2.16. The Morgan fingerprint density at radius 2 is 1.05 bits per heavy atom. The Morgan fingerprint density at radius 1 is 0.658 bits per heavy atom. The summed E-state index contributed by atoms with van der Waals surface area (Å²) >= 11 is 0. The lowest BCUT2D eigenvalue weighted by molar-refractivity contribution is -0.253. The summed E-state index contributed by atoms with van der Waals surface area (Å²) in [6.45, 7) is 3.53. The summed E-state index contributed by atoms with van der Waals surface area (Å²) in [6, 6.07) is 0. The van der Waals surface area contributed by atoms with Crippen LogP contribution in [0.25, 0.3) is 0 Å². The molecule has 1 saturated heterocycles. The zero-order valence-corrected chi connectivity index (χ0v) is 24.2. The summed E-state index contributed by atoms with van der Waals surface area (Å²) in [5.41, 5.74) is 0. The van der Waals surface area contributed by atoms with Gasteiger partial charge in [0.15, 0.2) is 0 Å². The monoisotopic (exact) mass is 544 g/mol. The number of carbonyl (C=O) groups excluding carboxylic acids is 2. The van der Waals surface area contributed by atoms with Gasteiger partial charge in [0.25, 0.3) is 0 Å². The average molecular weight is 545 g/mol. The molecule has 0 bridgehead atoms. The van der Waals surface area contributed by atoms with E-state index in [0.29, 0.717) is 6.42 Å². The number of aliphatic hydroxyl groups is 3. The summed E-state index contributed by atoms with van der Waals surface area (Å²) in [5.74, 6) is -3.12. The van der Waals surface area contributed by atoms with E-state index < -0.39 is 42.6 Å². The zero-order chi connectivity index (χ0) is 28.1. The molecular weight excluding hydrogens is 488 g/mol. The highest BCUT2D eigenvalue weighted by Gasteiger charge is 2.54. The molecule has 0 radical (unpaired) electrons. The highest BCUT2D eigenvalue weighted by atomic mass is 16.7. The Bertz CT molecular complexity index is 613. The largest absolute Gasteiger partial charge is 0.463 e. The lowest BCUT2D eigenvalue weighted by Crippen LogP contribution is -2.47. The van der Waals surface area contributed by atoms with Crippen molar-refractivity contribution >= 4 is 11.9 Å². The van der Waals surface area contributed by atoms with Crippen molar-refractivity contribution in [2.45, 2.75) is 166 Å². The summed E-state index contributed by atoms with van der Waals surface area (Å²) in [4.78, 5) is 24.1. The van der Waals surface area contributed by atoms with Crippen molar-refractivity contribution in [3.63, 3.8) is 0 Å². The molecule has 1 aliphatic rings. The van der Waals surface area contributed by atoms with E-state index in [4.69, 9.17) is 14.2 Å². The molecule has 0 saturated carbocycles. The molecule has 1 fully saturated rings. The first-order chi connectivity index (χ1) is 18.3. The second-order valence-electron chi connectivity index (χ2n) is 10.9. The maximum atomic E-state index is 12.1. The van der Waals surface area contributed by atoms with Crippen molar-refractivity contribution < 1.29 is 39.1 Å². The van der Waals surface area contributed by atoms with Crippen molar-refractivity contribution in [3.05, 3.63) is 0 Å². The molecule has 0 spiro atoms. The number of unbranched alkanes of at least 4 members (excludes halogenated alkanes) is 16. The van der Waals surface area contributed by atoms with Crippen molar-refractivity contribution in [2.24, 2.45) is 0 Å². The van der Waals surface area contributed by atoms with Crippen molar-refractivity contribution in [1.29, 1.82) is 0 Å². The van der Waals surface area contributed by atoms with Crippen LogP contribution < -0.4 is 0 Å². The van der Waals surface area contributed by atoms with Crippen LogP contribution in [-0.4, -0.2) is 64.6 Å². The van der Waals surface area contributed by atoms with Crippen LogP contribution in [0.15, 0.2) is 0 Å². The molecule has 3 N–H and O–H groups in total. The van der Waals surface area contributed by atoms with Gasteiger partial charge in [0.05, 0.1) is 0 Å². The molecule has 0 aromatic carbocycles. The first-order valence-corrected chi connectivity index (χ1v) is 15.4. The first-order valence-electron chi connectivity index (χ1n) is 15.4. The zero-order valence-electron chi connectivity index (χ0n) is 24.2. The highest BCUT2D eigenvalue weighted by Crippen LogP contribution is 2.30. The number of ether oxygens (including phenoxy) is 3. The molecule has 0 aliphatic carbocycles. The molecule has 8 nitrogen and oxygen atoms in total. The van der Waals surface area contributed by atoms with E-state index in [1.165, 1.54) is 77.0 Å². The summed E-state index contributed by atoms with van der Waals surface area (Å²) in [6.07, 6.45) is 16.8. The minimum Gasteiger partial charge on any atom is -0.463 e. The fraction of sp³-hybridized carbons (Fsp3) is 0.933. The lowest BCUT2D eigenvalue weighted by atomic mass is 10.1.